The normalized spacial score (nSPS) is 11.6. The second-order valence-electron chi connectivity index (χ2n) is 6.57. The van der Waals surface area contributed by atoms with Gasteiger partial charge in [-0.1, -0.05) is 30.3 Å². The van der Waals surface area contributed by atoms with Crippen molar-refractivity contribution in [2.75, 3.05) is 5.32 Å². The number of hydrogen-bond acceptors (Lipinski definition) is 3. The van der Waals surface area contributed by atoms with Crippen LogP contribution >= 0.6 is 0 Å². The van der Waals surface area contributed by atoms with E-state index in [2.05, 4.69) is 5.32 Å². The topological polar surface area (TPSA) is 94.2 Å². The number of carbonyl (C=O) groups is 2. The number of nitrogens with zero attached hydrogens (tertiary/aromatic N) is 1. The first kappa shape index (κ1) is 19.1. The molecule has 6 heteroatoms. The molecule has 1 heterocycles. The molecule has 0 fully saturated rings. The van der Waals surface area contributed by atoms with Crippen LogP contribution in [0.15, 0.2) is 71.7 Å². The van der Waals surface area contributed by atoms with Crippen LogP contribution in [0.5, 0.6) is 0 Å². The minimum atomic E-state index is -0.547. The van der Waals surface area contributed by atoms with Crippen molar-refractivity contribution in [1.29, 1.82) is 0 Å². The number of benzene rings is 2. The minimum Gasteiger partial charge on any atom is -0.366 e. The molecule has 0 aliphatic rings. The first-order chi connectivity index (χ1) is 13.4. The van der Waals surface area contributed by atoms with Crippen molar-refractivity contribution in [3.63, 3.8) is 0 Å². The summed E-state index contributed by atoms with van der Waals surface area (Å²) in [6, 6.07) is 17.3. The van der Waals surface area contributed by atoms with Crippen molar-refractivity contribution in [2.24, 2.45) is 5.73 Å². The molecule has 3 rings (SSSR count). The molecular formula is C22H21N3O3. The molecule has 142 valence electrons. The largest absolute Gasteiger partial charge is 0.366 e. The predicted molar refractivity (Wildman–Crippen MR) is 109 cm³/mol. The van der Waals surface area contributed by atoms with Gasteiger partial charge in [-0.3, -0.25) is 14.4 Å². The van der Waals surface area contributed by atoms with Gasteiger partial charge in [-0.25, -0.2) is 0 Å². The van der Waals surface area contributed by atoms with E-state index in [9.17, 15) is 14.4 Å². The van der Waals surface area contributed by atoms with Crippen LogP contribution in [0.25, 0.3) is 0 Å². The predicted octanol–water partition coefficient (Wildman–Crippen LogP) is 3.12. The fourth-order valence-electron chi connectivity index (χ4n) is 3.03. The highest BCUT2D eigenvalue weighted by molar-refractivity contribution is 6.05. The van der Waals surface area contributed by atoms with Crippen molar-refractivity contribution in [1.82, 2.24) is 4.57 Å². The molecule has 0 bridgehead atoms. The first-order valence-corrected chi connectivity index (χ1v) is 8.86. The van der Waals surface area contributed by atoms with Gasteiger partial charge in [0.25, 0.3) is 11.5 Å². The Balaban J connectivity index is 1.92. The lowest BCUT2D eigenvalue weighted by Gasteiger charge is -2.17. The van der Waals surface area contributed by atoms with Crippen LogP contribution in [0, 0.1) is 6.92 Å². The van der Waals surface area contributed by atoms with Crippen LogP contribution in [-0.2, 0) is 0 Å². The van der Waals surface area contributed by atoms with E-state index < -0.39 is 11.8 Å². The van der Waals surface area contributed by atoms with Gasteiger partial charge in [-0.15, -0.1) is 0 Å². The lowest BCUT2D eigenvalue weighted by molar-refractivity contribution is 0.0998. The molecule has 0 saturated heterocycles. The third kappa shape index (κ3) is 3.86. The van der Waals surface area contributed by atoms with Gasteiger partial charge in [0.1, 0.15) is 5.56 Å². The van der Waals surface area contributed by atoms with E-state index in [1.165, 1.54) is 12.1 Å². The molecule has 28 heavy (non-hydrogen) atoms. The van der Waals surface area contributed by atoms with Gasteiger partial charge in [-0.05, 0) is 55.3 Å². The molecule has 0 aliphatic carbocycles. The minimum absolute atomic E-state index is 0.0873. The van der Waals surface area contributed by atoms with Crippen molar-refractivity contribution in [3.05, 3.63) is 99.5 Å². The Morgan fingerprint density at radius 1 is 1.00 bits per heavy atom. The van der Waals surface area contributed by atoms with Crippen LogP contribution in [0.1, 0.15) is 44.8 Å². The van der Waals surface area contributed by atoms with E-state index >= 15 is 0 Å². The average Bonchev–Trinajstić information content (AvgIpc) is 2.68. The first-order valence-electron chi connectivity index (χ1n) is 8.86. The summed E-state index contributed by atoms with van der Waals surface area (Å²) in [6.07, 6.45) is 1.70. The third-order valence-corrected chi connectivity index (χ3v) is 4.68. The average molecular weight is 375 g/mol. The molecule has 0 aliphatic heterocycles. The molecule has 6 nitrogen and oxygen atoms in total. The van der Waals surface area contributed by atoms with Crippen molar-refractivity contribution in [2.45, 2.75) is 19.9 Å². The summed E-state index contributed by atoms with van der Waals surface area (Å²) in [4.78, 5) is 36.9. The summed E-state index contributed by atoms with van der Waals surface area (Å²) in [5.41, 5.74) is 7.32. The molecule has 2 aromatic carbocycles. The summed E-state index contributed by atoms with van der Waals surface area (Å²) >= 11 is 0. The molecular weight excluding hydrogens is 354 g/mol. The van der Waals surface area contributed by atoms with Crippen molar-refractivity contribution < 1.29 is 9.59 Å². The highest BCUT2D eigenvalue weighted by Gasteiger charge is 2.19. The number of nitrogens with two attached hydrogens (primary N) is 1. The number of carbonyl (C=O) groups excluding carboxylic acids is 2. The Morgan fingerprint density at radius 2 is 1.64 bits per heavy atom. The van der Waals surface area contributed by atoms with Crippen LogP contribution in [0.2, 0.25) is 0 Å². The molecule has 0 saturated carbocycles. The zero-order valence-electron chi connectivity index (χ0n) is 15.7. The Kier molecular flexibility index (Phi) is 5.40. The van der Waals surface area contributed by atoms with Gasteiger partial charge in [0, 0.05) is 17.4 Å². The van der Waals surface area contributed by atoms with E-state index in [1.54, 1.807) is 35.9 Å². The smallest absolute Gasteiger partial charge is 0.264 e. The van der Waals surface area contributed by atoms with Crippen LogP contribution < -0.4 is 16.6 Å². The zero-order valence-corrected chi connectivity index (χ0v) is 15.7. The lowest BCUT2D eigenvalue weighted by atomic mass is 10.1. The van der Waals surface area contributed by atoms with E-state index in [1.807, 2.05) is 37.3 Å². The van der Waals surface area contributed by atoms with E-state index in [0.29, 0.717) is 16.8 Å². The number of amides is 2. The van der Waals surface area contributed by atoms with E-state index in [4.69, 9.17) is 5.73 Å². The Bertz CT molecular complexity index is 1070. The Hall–Kier alpha value is -3.67. The fourth-order valence-corrected chi connectivity index (χ4v) is 3.03. The lowest BCUT2D eigenvalue weighted by Crippen LogP contribution is -2.32. The van der Waals surface area contributed by atoms with Gasteiger partial charge in [-0.2, -0.15) is 0 Å². The highest BCUT2D eigenvalue weighted by atomic mass is 16.2. The fraction of sp³-hybridized carbons (Fsp3) is 0.136. The number of aryl methyl sites for hydroxylation is 1. The second-order valence-corrected chi connectivity index (χ2v) is 6.57. The maximum absolute atomic E-state index is 13.0. The molecule has 2 amide bonds. The Morgan fingerprint density at radius 3 is 2.25 bits per heavy atom. The van der Waals surface area contributed by atoms with Gasteiger partial charge in [0.05, 0.1) is 6.04 Å². The summed E-state index contributed by atoms with van der Waals surface area (Å²) in [7, 11) is 0. The molecule has 1 aromatic heterocycles. The number of pyridine rings is 1. The SMILES string of the molecule is Cc1ccn(C(C)c2ccccc2)c(=O)c1C(=O)Nc1ccc(C(N)=O)cc1. The summed E-state index contributed by atoms with van der Waals surface area (Å²) in [6.45, 7) is 3.64. The zero-order chi connectivity index (χ0) is 20.3. The standard InChI is InChI=1S/C22H21N3O3/c1-14-12-13-25(15(2)16-6-4-3-5-7-16)22(28)19(14)21(27)24-18-10-8-17(9-11-18)20(23)26/h3-13,15H,1-2H3,(H2,23,26)(H,24,27). The van der Waals surface area contributed by atoms with Gasteiger partial charge >= 0.3 is 0 Å². The van der Waals surface area contributed by atoms with Crippen molar-refractivity contribution >= 4 is 17.5 Å². The maximum Gasteiger partial charge on any atom is 0.264 e. The van der Waals surface area contributed by atoms with Crippen LogP contribution in [0.4, 0.5) is 5.69 Å². The van der Waals surface area contributed by atoms with Crippen molar-refractivity contribution in [3.8, 4) is 0 Å². The number of aromatic nitrogens is 1. The highest BCUT2D eigenvalue weighted by Crippen LogP contribution is 2.17. The number of hydrogen-bond donors (Lipinski definition) is 2. The number of primary amides is 1. The van der Waals surface area contributed by atoms with E-state index in [0.717, 1.165) is 5.56 Å². The van der Waals surface area contributed by atoms with Crippen LogP contribution in [-0.4, -0.2) is 16.4 Å². The van der Waals surface area contributed by atoms with Crippen LogP contribution in [0.3, 0.4) is 0 Å². The molecule has 1 atom stereocenters. The molecule has 3 aromatic rings. The molecule has 0 radical (unpaired) electrons. The Labute approximate surface area is 162 Å². The number of nitrogens with one attached hydrogen (secondary N) is 1. The molecule has 0 spiro atoms. The number of anilines is 1. The van der Waals surface area contributed by atoms with Gasteiger partial charge < -0.3 is 15.6 Å². The third-order valence-electron chi connectivity index (χ3n) is 4.68. The number of rotatable bonds is 5. The summed E-state index contributed by atoms with van der Waals surface area (Å²) in [5.74, 6) is -1.04. The second kappa shape index (κ2) is 7.92. The summed E-state index contributed by atoms with van der Waals surface area (Å²) in [5, 5.41) is 2.71. The van der Waals surface area contributed by atoms with Gasteiger partial charge in [0.2, 0.25) is 5.91 Å². The molecule has 3 N–H and O–H groups in total. The monoisotopic (exact) mass is 375 g/mol. The summed E-state index contributed by atoms with van der Waals surface area (Å²) < 4.78 is 1.55. The van der Waals surface area contributed by atoms with Gasteiger partial charge in [0.15, 0.2) is 0 Å². The maximum atomic E-state index is 13.0. The molecule has 1 unspecified atom stereocenters. The quantitative estimate of drug-likeness (QED) is 0.717. The van der Waals surface area contributed by atoms with E-state index in [-0.39, 0.29) is 17.2 Å².